The molecule has 5 aromatic carbocycles. The van der Waals surface area contributed by atoms with Crippen LogP contribution in [0.5, 0.6) is 0 Å². The van der Waals surface area contributed by atoms with E-state index in [9.17, 15) is 0 Å². The van der Waals surface area contributed by atoms with E-state index < -0.39 is 0 Å². The molecule has 40 heavy (non-hydrogen) atoms. The summed E-state index contributed by atoms with van der Waals surface area (Å²) in [5.74, 6) is 0. The molecule has 0 bridgehead atoms. The molecule has 0 aliphatic rings. The molecule has 195 valence electrons. The Balaban J connectivity index is 0.000000188. The topological polar surface area (TPSA) is 30.7 Å². The van der Waals surface area contributed by atoms with Crippen LogP contribution in [0.15, 0.2) is 116 Å². The summed E-state index contributed by atoms with van der Waals surface area (Å²) in [6.45, 7) is 4.22. The Bertz CT molecular complexity index is 2020. The van der Waals surface area contributed by atoms with Crippen LogP contribution in [0.3, 0.4) is 0 Å². The Morgan fingerprint density at radius 3 is 2.25 bits per heavy atom. The normalized spacial score (nSPS) is 11.1. The third-order valence-electron chi connectivity index (χ3n) is 7.26. The van der Waals surface area contributed by atoms with Gasteiger partial charge in [-0.3, -0.25) is 0 Å². The fraction of sp³-hybridized carbons (Fsp3) is 0.0556. The average Bonchev–Trinajstić information content (AvgIpc) is 3.34. The Kier molecular flexibility index (Phi) is 6.89. The second-order valence-electron chi connectivity index (χ2n) is 9.85. The largest absolute Gasteiger partial charge is 0.310 e. The maximum atomic E-state index is 4.78. The Morgan fingerprint density at radius 1 is 0.650 bits per heavy atom. The van der Waals surface area contributed by atoms with Gasteiger partial charge in [0.15, 0.2) is 0 Å². The summed E-state index contributed by atoms with van der Waals surface area (Å²) < 4.78 is 2.36. The third-order valence-corrected chi connectivity index (χ3v) is 7.26. The quantitative estimate of drug-likeness (QED) is 0.134. The maximum Gasteiger partial charge on any atom is 0.0531 e. The molecule has 0 saturated carbocycles. The van der Waals surface area contributed by atoms with Gasteiger partial charge < -0.3 is 14.5 Å². The minimum Gasteiger partial charge on any atom is -0.310 e. The molecule has 0 atom stereocenters. The summed E-state index contributed by atoms with van der Waals surface area (Å²) >= 11 is 0. The van der Waals surface area contributed by atoms with Crippen LogP contribution in [0, 0.1) is 26.0 Å². The van der Waals surface area contributed by atoms with Gasteiger partial charge in [0.25, 0.3) is 0 Å². The van der Waals surface area contributed by atoms with Crippen molar-refractivity contribution in [1.82, 2.24) is 14.5 Å². The number of rotatable bonds is 2. The second-order valence-corrected chi connectivity index (χ2v) is 9.85. The summed E-state index contributed by atoms with van der Waals surface area (Å²) in [5, 5.41) is 6.14. The van der Waals surface area contributed by atoms with Crippen LogP contribution in [0.4, 0.5) is 0 Å². The SMILES string of the molecule is Cc1[c-]c2c(cc1)c1cccc3c1c1c2nccc1n3-c1ccc(C)cc1.[Ir].[c-]1ccccc1-c1ccccn1. The zero-order valence-corrected chi connectivity index (χ0v) is 24.5. The zero-order chi connectivity index (χ0) is 26.3. The van der Waals surface area contributed by atoms with Crippen molar-refractivity contribution in [3.63, 3.8) is 0 Å². The van der Waals surface area contributed by atoms with Gasteiger partial charge in [0, 0.05) is 43.7 Å². The fourth-order valence-electron chi connectivity index (χ4n) is 5.47. The molecular weight excluding hydrogens is 667 g/mol. The standard InChI is InChI=1S/C25H17N2.C11H8N.Ir/c1-15-6-9-17(10-7-15)27-21-5-3-4-19-18-11-8-16(2)14-20(18)25-24(23(19)21)22(27)12-13-26-25;1-2-6-10(7-3-1)11-8-4-5-9-12-11;/h3-13H,1-2H3;1-6,8-9H;/q2*-1;. The number of nitrogens with zero attached hydrogens (tertiary/aromatic N) is 3. The third kappa shape index (κ3) is 4.36. The molecule has 0 unspecified atom stereocenters. The van der Waals surface area contributed by atoms with Crippen molar-refractivity contribution >= 4 is 43.5 Å². The summed E-state index contributed by atoms with van der Waals surface area (Å²) in [4.78, 5) is 9.00. The van der Waals surface area contributed by atoms with Gasteiger partial charge in [-0.25, -0.2) is 0 Å². The Hall–Kier alpha value is -4.37. The molecule has 3 aromatic heterocycles. The summed E-state index contributed by atoms with van der Waals surface area (Å²) in [6, 6.07) is 42.2. The molecule has 0 aliphatic carbocycles. The van der Waals surface area contributed by atoms with Gasteiger partial charge in [0.2, 0.25) is 0 Å². The number of hydrogen-bond acceptors (Lipinski definition) is 2. The predicted molar refractivity (Wildman–Crippen MR) is 162 cm³/mol. The van der Waals surface area contributed by atoms with Crippen LogP contribution in [0.2, 0.25) is 0 Å². The van der Waals surface area contributed by atoms with Gasteiger partial charge >= 0.3 is 0 Å². The first-order valence-corrected chi connectivity index (χ1v) is 13.1. The molecule has 0 fully saturated rings. The van der Waals surface area contributed by atoms with Crippen molar-refractivity contribution in [2.45, 2.75) is 13.8 Å². The first-order valence-electron chi connectivity index (χ1n) is 13.1. The van der Waals surface area contributed by atoms with Crippen molar-refractivity contribution in [2.24, 2.45) is 0 Å². The van der Waals surface area contributed by atoms with Crippen molar-refractivity contribution in [2.75, 3.05) is 0 Å². The van der Waals surface area contributed by atoms with Crippen LogP contribution in [0.25, 0.3) is 60.4 Å². The monoisotopic (exact) mass is 692 g/mol. The van der Waals surface area contributed by atoms with Gasteiger partial charge in [-0.15, -0.1) is 65.0 Å². The number of aryl methyl sites for hydroxylation is 2. The van der Waals surface area contributed by atoms with E-state index in [4.69, 9.17) is 4.98 Å². The van der Waals surface area contributed by atoms with Crippen LogP contribution in [-0.4, -0.2) is 14.5 Å². The van der Waals surface area contributed by atoms with Gasteiger partial charge in [0.05, 0.1) is 5.52 Å². The van der Waals surface area contributed by atoms with Gasteiger partial charge in [-0.2, -0.15) is 0 Å². The molecule has 1 radical (unpaired) electrons. The molecule has 3 heterocycles. The fourth-order valence-corrected chi connectivity index (χ4v) is 5.47. The Morgan fingerprint density at radius 2 is 1.48 bits per heavy atom. The number of fused-ring (bicyclic) bond motifs is 3. The summed E-state index contributed by atoms with van der Waals surface area (Å²) in [7, 11) is 0. The molecular formula is C36H25IrN3-2. The number of pyridine rings is 2. The van der Waals surface area contributed by atoms with Crippen molar-refractivity contribution in [3.8, 4) is 16.9 Å². The van der Waals surface area contributed by atoms with Crippen molar-refractivity contribution in [1.29, 1.82) is 0 Å². The van der Waals surface area contributed by atoms with Gasteiger partial charge in [-0.1, -0.05) is 59.7 Å². The smallest absolute Gasteiger partial charge is 0.0531 e. The van der Waals surface area contributed by atoms with E-state index >= 15 is 0 Å². The molecule has 3 nitrogen and oxygen atoms in total. The zero-order valence-electron chi connectivity index (χ0n) is 22.1. The van der Waals surface area contributed by atoms with Crippen LogP contribution in [-0.2, 0) is 20.1 Å². The van der Waals surface area contributed by atoms with Gasteiger partial charge in [-0.05, 0) is 59.2 Å². The molecule has 0 spiro atoms. The van der Waals surface area contributed by atoms with Crippen molar-refractivity contribution < 1.29 is 20.1 Å². The van der Waals surface area contributed by atoms with E-state index in [1.165, 1.54) is 43.8 Å². The number of aromatic nitrogens is 3. The first-order chi connectivity index (χ1) is 19.2. The second kappa shape index (κ2) is 10.7. The van der Waals surface area contributed by atoms with E-state index in [0.717, 1.165) is 27.7 Å². The van der Waals surface area contributed by atoms with E-state index in [1.807, 2.05) is 48.7 Å². The molecule has 8 rings (SSSR count). The maximum absolute atomic E-state index is 4.78. The van der Waals surface area contributed by atoms with E-state index in [-0.39, 0.29) is 20.1 Å². The van der Waals surface area contributed by atoms with Gasteiger partial charge in [0.1, 0.15) is 0 Å². The minimum atomic E-state index is 0. The average molecular weight is 692 g/mol. The minimum absolute atomic E-state index is 0. The first kappa shape index (κ1) is 25.9. The molecule has 8 aromatic rings. The Labute approximate surface area is 246 Å². The van der Waals surface area contributed by atoms with E-state index in [1.54, 1.807) is 6.20 Å². The number of hydrogen-bond donors (Lipinski definition) is 0. The predicted octanol–water partition coefficient (Wildman–Crippen LogP) is 8.89. The summed E-state index contributed by atoms with van der Waals surface area (Å²) in [5.41, 5.74) is 9.07. The molecule has 0 amide bonds. The molecule has 0 aliphatic heterocycles. The van der Waals surface area contributed by atoms with Crippen LogP contribution < -0.4 is 0 Å². The van der Waals surface area contributed by atoms with Crippen molar-refractivity contribution in [3.05, 3.63) is 139 Å². The molecule has 0 saturated heterocycles. The van der Waals surface area contributed by atoms with E-state index in [2.05, 4.69) is 96.2 Å². The number of benzene rings is 5. The molecule has 0 N–H and O–H groups in total. The summed E-state index contributed by atoms with van der Waals surface area (Å²) in [6.07, 6.45) is 3.71. The van der Waals surface area contributed by atoms with Crippen LogP contribution >= 0.6 is 0 Å². The van der Waals surface area contributed by atoms with Crippen LogP contribution in [0.1, 0.15) is 11.1 Å². The van der Waals surface area contributed by atoms with E-state index in [0.29, 0.717) is 0 Å². The molecule has 4 heteroatoms.